The van der Waals surface area contributed by atoms with Crippen molar-refractivity contribution in [1.82, 2.24) is 9.55 Å². The average molecular weight is 407 g/mol. The molecule has 4 aromatic rings. The number of fused-ring (bicyclic) bond motifs is 1. The number of nitrogens with zero attached hydrogens (tertiary/aromatic N) is 2. The first-order valence-electron chi connectivity index (χ1n) is 9.46. The minimum Gasteiger partial charge on any atom is -0.268 e. The minimum absolute atomic E-state index is 0.0304. The van der Waals surface area contributed by atoms with Crippen molar-refractivity contribution in [2.75, 3.05) is 0 Å². The maximum absolute atomic E-state index is 13.5. The van der Waals surface area contributed by atoms with Gasteiger partial charge in [0.2, 0.25) is 0 Å². The second-order valence-corrected chi connectivity index (χ2v) is 8.75. The van der Waals surface area contributed by atoms with E-state index in [0.717, 1.165) is 45.2 Å². The number of para-hydroxylation sites is 1. The zero-order valence-corrected chi connectivity index (χ0v) is 17.6. The summed E-state index contributed by atoms with van der Waals surface area (Å²) in [5.74, 6) is 0.776. The van der Waals surface area contributed by atoms with Gasteiger partial charge in [0, 0.05) is 10.6 Å². The Bertz CT molecular complexity index is 1150. The number of aromatic nitrogens is 2. The van der Waals surface area contributed by atoms with E-state index in [9.17, 15) is 4.79 Å². The normalized spacial score (nSPS) is 11.2. The van der Waals surface area contributed by atoms with Crippen LogP contribution in [0.25, 0.3) is 15.9 Å². The molecular formula is C23H22N2OS2. The molecule has 0 saturated heterocycles. The number of aryl methyl sites for hydroxylation is 2. The molecule has 0 aliphatic heterocycles. The van der Waals surface area contributed by atoms with E-state index < -0.39 is 0 Å². The Labute approximate surface area is 173 Å². The van der Waals surface area contributed by atoms with Crippen LogP contribution in [-0.4, -0.2) is 9.55 Å². The van der Waals surface area contributed by atoms with Gasteiger partial charge in [-0.3, -0.25) is 9.36 Å². The molecule has 2 aromatic carbocycles. The molecular weight excluding hydrogens is 384 g/mol. The second kappa shape index (κ2) is 8.33. The van der Waals surface area contributed by atoms with Gasteiger partial charge in [-0.05, 0) is 36.6 Å². The largest absolute Gasteiger partial charge is 0.268 e. The van der Waals surface area contributed by atoms with Gasteiger partial charge in [-0.15, -0.1) is 11.3 Å². The Kier molecular flexibility index (Phi) is 5.64. The van der Waals surface area contributed by atoms with E-state index in [1.54, 1.807) is 27.7 Å². The minimum atomic E-state index is 0.0304. The number of thioether (sulfide) groups is 1. The Morgan fingerprint density at radius 1 is 1.04 bits per heavy atom. The highest BCUT2D eigenvalue weighted by molar-refractivity contribution is 7.98. The molecule has 142 valence electrons. The van der Waals surface area contributed by atoms with Crippen molar-refractivity contribution in [3.05, 3.63) is 87.0 Å². The lowest BCUT2D eigenvalue weighted by molar-refractivity contribution is 0.821. The first kappa shape index (κ1) is 19.0. The van der Waals surface area contributed by atoms with Crippen molar-refractivity contribution in [2.24, 2.45) is 0 Å². The van der Waals surface area contributed by atoms with E-state index in [1.807, 2.05) is 48.5 Å². The highest BCUT2D eigenvalue weighted by Crippen LogP contribution is 2.31. The summed E-state index contributed by atoms with van der Waals surface area (Å²) in [7, 11) is 0. The third kappa shape index (κ3) is 3.64. The molecule has 3 nitrogen and oxygen atoms in total. The lowest BCUT2D eigenvalue weighted by Gasteiger charge is -2.12. The fourth-order valence-electron chi connectivity index (χ4n) is 3.30. The van der Waals surface area contributed by atoms with Gasteiger partial charge in [0.1, 0.15) is 4.83 Å². The molecule has 5 heteroatoms. The molecule has 0 fully saturated rings. The molecule has 28 heavy (non-hydrogen) atoms. The topological polar surface area (TPSA) is 34.9 Å². The van der Waals surface area contributed by atoms with Crippen molar-refractivity contribution >= 4 is 33.3 Å². The van der Waals surface area contributed by atoms with Crippen molar-refractivity contribution in [3.63, 3.8) is 0 Å². The molecule has 0 saturated carbocycles. The number of rotatable bonds is 6. The number of hydrogen-bond acceptors (Lipinski definition) is 4. The predicted molar refractivity (Wildman–Crippen MR) is 120 cm³/mol. The SMILES string of the molecule is CCCc1sc2nc(SCc3ccccc3)n(-c3ccccc3)c(=O)c2c1C. The Hall–Kier alpha value is -2.37. The molecule has 0 amide bonds. The molecule has 2 heterocycles. The van der Waals surface area contributed by atoms with Crippen molar-refractivity contribution in [1.29, 1.82) is 0 Å². The van der Waals surface area contributed by atoms with Gasteiger partial charge < -0.3 is 0 Å². The first-order chi connectivity index (χ1) is 13.7. The molecule has 0 unspecified atom stereocenters. The Morgan fingerprint density at radius 3 is 2.39 bits per heavy atom. The zero-order chi connectivity index (χ0) is 19.5. The smallest absolute Gasteiger partial charge is 0.267 e. The van der Waals surface area contributed by atoms with Crippen LogP contribution in [-0.2, 0) is 12.2 Å². The quantitative estimate of drug-likeness (QED) is 0.291. The summed E-state index contributed by atoms with van der Waals surface area (Å²) in [5.41, 5.74) is 3.20. The number of benzene rings is 2. The standard InChI is InChI=1S/C23H22N2OS2/c1-3-10-19-16(2)20-21(28-19)24-23(27-15-17-11-6-4-7-12-17)25(22(20)26)18-13-8-5-9-14-18/h4-9,11-14H,3,10,15H2,1-2H3. The van der Waals surface area contributed by atoms with E-state index in [1.165, 1.54) is 10.4 Å². The van der Waals surface area contributed by atoms with E-state index >= 15 is 0 Å². The summed E-state index contributed by atoms with van der Waals surface area (Å²) in [6.07, 6.45) is 2.06. The highest BCUT2D eigenvalue weighted by atomic mass is 32.2. The van der Waals surface area contributed by atoms with Crippen LogP contribution < -0.4 is 5.56 Å². The zero-order valence-electron chi connectivity index (χ0n) is 16.0. The van der Waals surface area contributed by atoms with Crippen LogP contribution in [0.2, 0.25) is 0 Å². The molecule has 4 rings (SSSR count). The van der Waals surface area contributed by atoms with Gasteiger partial charge in [-0.25, -0.2) is 4.98 Å². The summed E-state index contributed by atoms with van der Waals surface area (Å²) in [5, 5.41) is 1.51. The highest BCUT2D eigenvalue weighted by Gasteiger charge is 2.19. The monoisotopic (exact) mass is 406 g/mol. The third-order valence-corrected chi connectivity index (χ3v) is 6.99. The van der Waals surface area contributed by atoms with Gasteiger partial charge in [-0.1, -0.05) is 73.6 Å². The predicted octanol–water partition coefficient (Wildman–Crippen LogP) is 6.00. The van der Waals surface area contributed by atoms with Gasteiger partial charge in [0.15, 0.2) is 5.16 Å². The van der Waals surface area contributed by atoms with Crippen LogP contribution in [0.5, 0.6) is 0 Å². The molecule has 2 aromatic heterocycles. The fraction of sp³-hybridized carbons (Fsp3) is 0.217. The molecule has 0 aliphatic rings. The van der Waals surface area contributed by atoms with Crippen LogP contribution in [0.1, 0.15) is 29.3 Å². The van der Waals surface area contributed by atoms with Gasteiger partial charge >= 0.3 is 0 Å². The third-order valence-electron chi connectivity index (χ3n) is 4.73. The van der Waals surface area contributed by atoms with E-state index in [-0.39, 0.29) is 5.56 Å². The summed E-state index contributed by atoms with van der Waals surface area (Å²) >= 11 is 3.28. The lowest BCUT2D eigenvalue weighted by atomic mass is 10.1. The van der Waals surface area contributed by atoms with E-state index in [4.69, 9.17) is 4.98 Å². The maximum atomic E-state index is 13.5. The van der Waals surface area contributed by atoms with Gasteiger partial charge in [-0.2, -0.15) is 0 Å². The van der Waals surface area contributed by atoms with Crippen molar-refractivity contribution in [2.45, 2.75) is 37.6 Å². The van der Waals surface area contributed by atoms with Crippen molar-refractivity contribution < 1.29 is 0 Å². The fourth-order valence-corrected chi connectivity index (χ4v) is 5.59. The lowest BCUT2D eigenvalue weighted by Crippen LogP contribution is -2.21. The summed E-state index contributed by atoms with van der Waals surface area (Å²) < 4.78 is 1.77. The summed E-state index contributed by atoms with van der Waals surface area (Å²) in [4.78, 5) is 20.6. The molecule has 0 atom stereocenters. The van der Waals surface area contributed by atoms with Crippen LogP contribution >= 0.6 is 23.1 Å². The molecule has 0 bridgehead atoms. The summed E-state index contributed by atoms with van der Waals surface area (Å²) in [6.45, 7) is 4.22. The Balaban J connectivity index is 1.87. The number of hydrogen-bond donors (Lipinski definition) is 0. The van der Waals surface area contributed by atoms with Gasteiger partial charge in [0.25, 0.3) is 5.56 Å². The van der Waals surface area contributed by atoms with Gasteiger partial charge in [0.05, 0.1) is 11.1 Å². The van der Waals surface area contributed by atoms with E-state index in [2.05, 4.69) is 26.0 Å². The second-order valence-electron chi connectivity index (χ2n) is 6.73. The van der Waals surface area contributed by atoms with Crippen LogP contribution in [0.4, 0.5) is 0 Å². The Morgan fingerprint density at radius 2 is 1.71 bits per heavy atom. The first-order valence-corrected chi connectivity index (χ1v) is 11.3. The summed E-state index contributed by atoms with van der Waals surface area (Å²) in [6, 6.07) is 20.1. The van der Waals surface area contributed by atoms with Crippen LogP contribution in [0.15, 0.2) is 70.6 Å². The van der Waals surface area contributed by atoms with E-state index in [0.29, 0.717) is 0 Å². The van der Waals surface area contributed by atoms with Crippen molar-refractivity contribution in [3.8, 4) is 5.69 Å². The average Bonchev–Trinajstić information content (AvgIpc) is 3.04. The molecule has 0 radical (unpaired) electrons. The maximum Gasteiger partial charge on any atom is 0.267 e. The molecule has 0 spiro atoms. The number of thiophene rings is 1. The molecule has 0 aliphatic carbocycles. The van der Waals surface area contributed by atoms with Crippen LogP contribution in [0, 0.1) is 6.92 Å². The molecule has 0 N–H and O–H groups in total. The van der Waals surface area contributed by atoms with Crippen LogP contribution in [0.3, 0.4) is 0 Å².